The third-order valence-corrected chi connectivity index (χ3v) is 3.88. The van der Waals surface area contributed by atoms with E-state index < -0.39 is 0 Å². The predicted octanol–water partition coefficient (Wildman–Crippen LogP) is 1.34. The van der Waals surface area contributed by atoms with Crippen molar-refractivity contribution in [2.24, 2.45) is 5.41 Å². The van der Waals surface area contributed by atoms with Gasteiger partial charge in [0.2, 0.25) is 5.91 Å². The Labute approximate surface area is 92.4 Å². The van der Waals surface area contributed by atoms with Crippen LogP contribution >= 0.6 is 0 Å². The van der Waals surface area contributed by atoms with E-state index in [1.807, 2.05) is 4.90 Å². The van der Waals surface area contributed by atoms with E-state index in [0.717, 1.165) is 13.1 Å². The molecular weight excluding hydrogens is 188 g/mol. The van der Waals surface area contributed by atoms with Gasteiger partial charge in [-0.3, -0.25) is 9.69 Å². The molecule has 2 heterocycles. The van der Waals surface area contributed by atoms with Crippen molar-refractivity contribution in [1.82, 2.24) is 9.80 Å². The standard InChI is InChI=1S/C12H22N2O/c1-10(15)13-7-12(8-13)5-6-14(9-12)11(2,3)4/h5-9H2,1-4H3. The Morgan fingerprint density at radius 3 is 2.20 bits per heavy atom. The largest absolute Gasteiger partial charge is 0.342 e. The molecule has 1 spiro atoms. The van der Waals surface area contributed by atoms with Gasteiger partial charge in [0.1, 0.15) is 0 Å². The number of likely N-dealkylation sites (tertiary alicyclic amines) is 2. The van der Waals surface area contributed by atoms with E-state index in [2.05, 4.69) is 25.7 Å². The monoisotopic (exact) mass is 210 g/mol. The quantitative estimate of drug-likeness (QED) is 0.602. The smallest absolute Gasteiger partial charge is 0.219 e. The SMILES string of the molecule is CC(=O)N1CC2(CCN(C(C)(C)C)C2)C1. The molecule has 0 saturated carbocycles. The highest BCUT2D eigenvalue weighted by atomic mass is 16.2. The molecule has 0 unspecified atom stereocenters. The lowest BCUT2D eigenvalue weighted by molar-refractivity contribution is -0.140. The zero-order valence-electron chi connectivity index (χ0n) is 10.3. The van der Waals surface area contributed by atoms with Gasteiger partial charge in [-0.1, -0.05) is 0 Å². The van der Waals surface area contributed by atoms with Crippen LogP contribution in [0.15, 0.2) is 0 Å². The van der Waals surface area contributed by atoms with Gasteiger partial charge in [0.15, 0.2) is 0 Å². The van der Waals surface area contributed by atoms with Gasteiger partial charge in [0.25, 0.3) is 0 Å². The van der Waals surface area contributed by atoms with Gasteiger partial charge in [-0.25, -0.2) is 0 Å². The van der Waals surface area contributed by atoms with Crippen LogP contribution in [0.5, 0.6) is 0 Å². The van der Waals surface area contributed by atoms with E-state index in [1.165, 1.54) is 19.5 Å². The van der Waals surface area contributed by atoms with Crippen LogP contribution in [-0.4, -0.2) is 47.4 Å². The summed E-state index contributed by atoms with van der Waals surface area (Å²) >= 11 is 0. The maximum atomic E-state index is 11.2. The van der Waals surface area contributed by atoms with E-state index in [1.54, 1.807) is 6.92 Å². The first-order valence-electron chi connectivity index (χ1n) is 5.83. The van der Waals surface area contributed by atoms with Crippen LogP contribution in [0.4, 0.5) is 0 Å². The molecule has 2 aliphatic rings. The Kier molecular flexibility index (Phi) is 2.34. The predicted molar refractivity (Wildman–Crippen MR) is 60.6 cm³/mol. The highest BCUT2D eigenvalue weighted by Gasteiger charge is 2.49. The Balaban J connectivity index is 1.92. The van der Waals surface area contributed by atoms with Crippen molar-refractivity contribution in [2.45, 2.75) is 39.7 Å². The molecule has 0 radical (unpaired) electrons. The second kappa shape index (κ2) is 3.21. The summed E-state index contributed by atoms with van der Waals surface area (Å²) in [5.74, 6) is 0.231. The summed E-state index contributed by atoms with van der Waals surface area (Å²) in [4.78, 5) is 15.7. The number of hydrogen-bond donors (Lipinski definition) is 0. The highest BCUT2D eigenvalue weighted by Crippen LogP contribution is 2.41. The molecule has 0 aromatic heterocycles. The molecule has 0 aliphatic carbocycles. The number of carbonyl (C=O) groups excluding carboxylic acids is 1. The van der Waals surface area contributed by atoms with Gasteiger partial charge in [0.05, 0.1) is 0 Å². The second-order valence-electron chi connectivity index (χ2n) is 6.22. The van der Waals surface area contributed by atoms with Crippen molar-refractivity contribution in [3.05, 3.63) is 0 Å². The molecule has 2 aliphatic heterocycles. The molecule has 0 bridgehead atoms. The van der Waals surface area contributed by atoms with Crippen LogP contribution in [0, 0.1) is 5.41 Å². The summed E-state index contributed by atoms with van der Waals surface area (Å²) < 4.78 is 0. The average Bonchev–Trinajstić information content (AvgIpc) is 2.43. The molecule has 0 aromatic rings. The minimum absolute atomic E-state index is 0.231. The lowest BCUT2D eigenvalue weighted by Gasteiger charge is -2.48. The fraction of sp³-hybridized carbons (Fsp3) is 0.917. The topological polar surface area (TPSA) is 23.6 Å². The maximum Gasteiger partial charge on any atom is 0.219 e. The molecule has 3 nitrogen and oxygen atoms in total. The number of nitrogens with zero attached hydrogens (tertiary/aromatic N) is 2. The fourth-order valence-electron chi connectivity index (χ4n) is 2.75. The molecule has 0 N–H and O–H groups in total. The van der Waals surface area contributed by atoms with Gasteiger partial charge in [-0.05, 0) is 33.7 Å². The van der Waals surface area contributed by atoms with Crippen molar-refractivity contribution in [2.75, 3.05) is 26.2 Å². The molecule has 0 atom stereocenters. The third-order valence-electron chi connectivity index (χ3n) is 3.88. The minimum Gasteiger partial charge on any atom is -0.342 e. The summed E-state index contributed by atoms with van der Waals surface area (Å²) in [6, 6.07) is 0. The lowest BCUT2D eigenvalue weighted by atomic mass is 9.79. The fourth-order valence-corrected chi connectivity index (χ4v) is 2.75. The highest BCUT2D eigenvalue weighted by molar-refractivity contribution is 5.74. The van der Waals surface area contributed by atoms with Crippen LogP contribution in [0.3, 0.4) is 0 Å². The molecular formula is C12H22N2O. The Morgan fingerprint density at radius 1 is 1.20 bits per heavy atom. The first kappa shape index (κ1) is 10.9. The van der Waals surface area contributed by atoms with E-state index in [-0.39, 0.29) is 11.4 Å². The zero-order valence-corrected chi connectivity index (χ0v) is 10.3. The van der Waals surface area contributed by atoms with Crippen molar-refractivity contribution >= 4 is 5.91 Å². The number of hydrogen-bond acceptors (Lipinski definition) is 2. The zero-order chi connectivity index (χ0) is 11.3. The summed E-state index contributed by atoms with van der Waals surface area (Å²) in [5.41, 5.74) is 0.707. The molecule has 2 rings (SSSR count). The minimum atomic E-state index is 0.231. The Bertz CT molecular complexity index is 274. The molecule has 2 saturated heterocycles. The molecule has 2 fully saturated rings. The first-order valence-corrected chi connectivity index (χ1v) is 5.83. The van der Waals surface area contributed by atoms with Gasteiger partial charge < -0.3 is 4.90 Å². The second-order valence-corrected chi connectivity index (χ2v) is 6.22. The summed E-state index contributed by atoms with van der Waals surface area (Å²) in [5, 5.41) is 0. The molecule has 0 aromatic carbocycles. The molecule has 86 valence electrons. The van der Waals surface area contributed by atoms with Crippen molar-refractivity contribution in [1.29, 1.82) is 0 Å². The van der Waals surface area contributed by atoms with E-state index in [4.69, 9.17) is 0 Å². The Hall–Kier alpha value is -0.570. The maximum absolute atomic E-state index is 11.2. The van der Waals surface area contributed by atoms with Crippen LogP contribution in [-0.2, 0) is 4.79 Å². The van der Waals surface area contributed by atoms with Crippen molar-refractivity contribution < 1.29 is 4.79 Å². The third kappa shape index (κ3) is 1.89. The van der Waals surface area contributed by atoms with Crippen LogP contribution in [0.25, 0.3) is 0 Å². The average molecular weight is 210 g/mol. The molecule has 15 heavy (non-hydrogen) atoms. The van der Waals surface area contributed by atoms with Crippen LogP contribution < -0.4 is 0 Å². The van der Waals surface area contributed by atoms with Crippen LogP contribution in [0.1, 0.15) is 34.1 Å². The first-order chi connectivity index (χ1) is 6.82. The van der Waals surface area contributed by atoms with Crippen molar-refractivity contribution in [3.8, 4) is 0 Å². The van der Waals surface area contributed by atoms with Gasteiger partial charge in [-0.2, -0.15) is 0 Å². The van der Waals surface area contributed by atoms with Gasteiger partial charge in [0, 0.05) is 37.5 Å². The number of amides is 1. The normalized spacial score (nSPS) is 25.7. The Morgan fingerprint density at radius 2 is 1.80 bits per heavy atom. The van der Waals surface area contributed by atoms with Gasteiger partial charge >= 0.3 is 0 Å². The summed E-state index contributed by atoms with van der Waals surface area (Å²) in [7, 11) is 0. The summed E-state index contributed by atoms with van der Waals surface area (Å²) in [6.45, 7) is 12.8. The number of carbonyl (C=O) groups is 1. The van der Waals surface area contributed by atoms with E-state index >= 15 is 0 Å². The molecule has 1 amide bonds. The van der Waals surface area contributed by atoms with E-state index in [9.17, 15) is 4.79 Å². The van der Waals surface area contributed by atoms with Crippen molar-refractivity contribution in [3.63, 3.8) is 0 Å². The van der Waals surface area contributed by atoms with E-state index in [0.29, 0.717) is 5.41 Å². The lowest BCUT2D eigenvalue weighted by Crippen LogP contribution is -2.59. The molecule has 3 heteroatoms. The van der Waals surface area contributed by atoms with Gasteiger partial charge in [-0.15, -0.1) is 0 Å². The number of rotatable bonds is 0. The van der Waals surface area contributed by atoms with Crippen LogP contribution in [0.2, 0.25) is 0 Å². The summed E-state index contributed by atoms with van der Waals surface area (Å²) in [6.07, 6.45) is 1.26.